The molecule has 3 aliphatic rings. The molecule has 1 atom stereocenters. The van der Waals surface area contributed by atoms with Crippen LogP contribution in [0, 0.1) is 5.92 Å². The summed E-state index contributed by atoms with van der Waals surface area (Å²) in [5.41, 5.74) is 0.538. The van der Waals surface area contributed by atoms with Gasteiger partial charge in [0.1, 0.15) is 0 Å². The Kier molecular flexibility index (Phi) is 4.48. The molecule has 0 aromatic rings. The van der Waals surface area contributed by atoms with Crippen LogP contribution in [0.4, 0.5) is 0 Å². The molecule has 0 bridgehead atoms. The second-order valence-corrected chi connectivity index (χ2v) is 7.13. The minimum atomic E-state index is 0.538. The van der Waals surface area contributed by atoms with E-state index in [0.717, 1.165) is 12.0 Å². The number of nitrogens with zero attached hydrogens (tertiary/aromatic N) is 1. The Bertz CT molecular complexity index is 273. The van der Waals surface area contributed by atoms with Gasteiger partial charge in [-0.05, 0) is 70.5 Å². The fraction of sp³-hybridized carbons (Fsp3) is 1.00. The van der Waals surface area contributed by atoms with Gasteiger partial charge in [0.2, 0.25) is 0 Å². The molecule has 0 amide bonds. The summed E-state index contributed by atoms with van der Waals surface area (Å²) < 4.78 is 0. The number of hydrogen-bond acceptors (Lipinski definition) is 2. The van der Waals surface area contributed by atoms with Crippen molar-refractivity contribution in [3.05, 3.63) is 0 Å². The van der Waals surface area contributed by atoms with Gasteiger partial charge in [0, 0.05) is 11.6 Å². The van der Waals surface area contributed by atoms with E-state index in [-0.39, 0.29) is 0 Å². The topological polar surface area (TPSA) is 15.3 Å². The first-order valence-electron chi connectivity index (χ1n) is 8.85. The summed E-state index contributed by atoms with van der Waals surface area (Å²) in [6.07, 6.45) is 14.5. The van der Waals surface area contributed by atoms with E-state index in [1.807, 2.05) is 0 Å². The van der Waals surface area contributed by atoms with Crippen molar-refractivity contribution >= 4 is 0 Å². The molecule has 2 aliphatic carbocycles. The van der Waals surface area contributed by atoms with Gasteiger partial charge in [-0.15, -0.1) is 0 Å². The molecule has 0 aromatic carbocycles. The first-order valence-corrected chi connectivity index (χ1v) is 8.85. The second kappa shape index (κ2) is 6.13. The van der Waals surface area contributed by atoms with Gasteiger partial charge < -0.3 is 5.32 Å². The Labute approximate surface area is 119 Å². The normalized spacial score (nSPS) is 29.5. The Balaban J connectivity index is 1.77. The Morgan fingerprint density at radius 2 is 1.74 bits per heavy atom. The zero-order valence-corrected chi connectivity index (χ0v) is 12.8. The third kappa shape index (κ3) is 2.58. The summed E-state index contributed by atoms with van der Waals surface area (Å²) in [6.45, 7) is 6.27. The number of hydrogen-bond donors (Lipinski definition) is 1. The standard InChI is InChI=1S/C17H32N2/c1-2-12-18-16(15-8-7-9-15)17(10-3-4-11-17)19-13-5-6-14-19/h15-16,18H,2-14H2,1H3. The largest absolute Gasteiger partial charge is 0.312 e. The lowest BCUT2D eigenvalue weighted by atomic mass is 9.70. The van der Waals surface area contributed by atoms with Crippen LogP contribution in [0.15, 0.2) is 0 Å². The highest BCUT2D eigenvalue weighted by Gasteiger charge is 2.49. The molecule has 1 aliphatic heterocycles. The van der Waals surface area contributed by atoms with E-state index in [4.69, 9.17) is 0 Å². The van der Waals surface area contributed by atoms with E-state index in [2.05, 4.69) is 17.1 Å². The number of nitrogens with one attached hydrogen (secondary N) is 1. The van der Waals surface area contributed by atoms with Crippen LogP contribution in [0.1, 0.15) is 71.1 Å². The molecule has 0 spiro atoms. The lowest BCUT2D eigenvalue weighted by Gasteiger charge is -2.51. The van der Waals surface area contributed by atoms with Gasteiger partial charge in [0.05, 0.1) is 0 Å². The van der Waals surface area contributed by atoms with Gasteiger partial charge in [0.25, 0.3) is 0 Å². The molecule has 110 valence electrons. The van der Waals surface area contributed by atoms with Gasteiger partial charge in [0.15, 0.2) is 0 Å². The van der Waals surface area contributed by atoms with Crippen molar-refractivity contribution in [2.24, 2.45) is 5.92 Å². The van der Waals surface area contributed by atoms with E-state index in [1.54, 1.807) is 0 Å². The van der Waals surface area contributed by atoms with Crippen LogP contribution in [-0.2, 0) is 0 Å². The molecule has 1 saturated heterocycles. The molecule has 3 rings (SSSR count). The van der Waals surface area contributed by atoms with Crippen LogP contribution in [0.3, 0.4) is 0 Å². The Morgan fingerprint density at radius 1 is 1.05 bits per heavy atom. The van der Waals surface area contributed by atoms with Crippen LogP contribution in [0.25, 0.3) is 0 Å². The third-order valence-corrected chi connectivity index (χ3v) is 6.02. The smallest absolute Gasteiger partial charge is 0.0365 e. The fourth-order valence-electron chi connectivity index (χ4n) is 4.84. The van der Waals surface area contributed by atoms with E-state index in [0.29, 0.717) is 5.54 Å². The Morgan fingerprint density at radius 3 is 2.26 bits per heavy atom. The molecule has 0 radical (unpaired) electrons. The molecule has 2 nitrogen and oxygen atoms in total. The molecular formula is C17H32N2. The number of rotatable bonds is 6. The van der Waals surface area contributed by atoms with Crippen molar-refractivity contribution in [2.75, 3.05) is 19.6 Å². The summed E-state index contributed by atoms with van der Waals surface area (Å²) in [4.78, 5) is 2.89. The summed E-state index contributed by atoms with van der Waals surface area (Å²) in [6, 6.07) is 0.793. The molecule has 1 heterocycles. The fourth-order valence-corrected chi connectivity index (χ4v) is 4.84. The average molecular weight is 264 g/mol. The van der Waals surface area contributed by atoms with E-state index < -0.39 is 0 Å². The Hall–Kier alpha value is -0.0800. The maximum absolute atomic E-state index is 3.99. The molecule has 1 N–H and O–H groups in total. The van der Waals surface area contributed by atoms with Gasteiger partial charge in [-0.1, -0.05) is 26.2 Å². The van der Waals surface area contributed by atoms with Crippen molar-refractivity contribution in [3.63, 3.8) is 0 Å². The van der Waals surface area contributed by atoms with E-state index >= 15 is 0 Å². The highest BCUT2D eigenvalue weighted by Crippen LogP contribution is 2.46. The van der Waals surface area contributed by atoms with Crippen LogP contribution < -0.4 is 5.32 Å². The van der Waals surface area contributed by atoms with Crippen molar-refractivity contribution in [3.8, 4) is 0 Å². The zero-order valence-electron chi connectivity index (χ0n) is 12.8. The summed E-state index contributed by atoms with van der Waals surface area (Å²) >= 11 is 0. The minimum absolute atomic E-state index is 0.538. The molecule has 2 heteroatoms. The molecule has 19 heavy (non-hydrogen) atoms. The first kappa shape index (κ1) is 13.9. The van der Waals surface area contributed by atoms with Crippen LogP contribution >= 0.6 is 0 Å². The predicted octanol–water partition coefficient (Wildman–Crippen LogP) is 3.56. The van der Waals surface area contributed by atoms with E-state index in [9.17, 15) is 0 Å². The van der Waals surface area contributed by atoms with Crippen molar-refractivity contribution in [2.45, 2.75) is 82.7 Å². The van der Waals surface area contributed by atoms with Gasteiger partial charge in [-0.3, -0.25) is 4.90 Å². The SMILES string of the molecule is CCCNC(C1CCC1)C1(N2CCCC2)CCCC1. The molecular weight excluding hydrogens is 232 g/mol. The lowest BCUT2D eigenvalue weighted by Crippen LogP contribution is -2.63. The summed E-state index contributed by atoms with van der Waals surface area (Å²) in [7, 11) is 0. The number of likely N-dealkylation sites (tertiary alicyclic amines) is 1. The van der Waals surface area contributed by atoms with Crippen molar-refractivity contribution in [1.29, 1.82) is 0 Å². The van der Waals surface area contributed by atoms with Gasteiger partial charge >= 0.3 is 0 Å². The summed E-state index contributed by atoms with van der Waals surface area (Å²) in [5.74, 6) is 0.977. The maximum atomic E-state index is 3.99. The first-order chi connectivity index (χ1) is 9.37. The predicted molar refractivity (Wildman–Crippen MR) is 81.4 cm³/mol. The third-order valence-electron chi connectivity index (χ3n) is 6.02. The summed E-state index contributed by atoms with van der Waals surface area (Å²) in [5, 5.41) is 3.99. The minimum Gasteiger partial charge on any atom is -0.312 e. The van der Waals surface area contributed by atoms with Crippen molar-refractivity contribution in [1.82, 2.24) is 10.2 Å². The van der Waals surface area contributed by atoms with Crippen LogP contribution in [-0.4, -0.2) is 36.1 Å². The van der Waals surface area contributed by atoms with Gasteiger partial charge in [-0.2, -0.15) is 0 Å². The van der Waals surface area contributed by atoms with Crippen LogP contribution in [0.5, 0.6) is 0 Å². The quantitative estimate of drug-likeness (QED) is 0.789. The van der Waals surface area contributed by atoms with E-state index in [1.165, 1.54) is 83.8 Å². The monoisotopic (exact) mass is 264 g/mol. The highest BCUT2D eigenvalue weighted by molar-refractivity contribution is 5.08. The van der Waals surface area contributed by atoms with Crippen molar-refractivity contribution < 1.29 is 0 Å². The van der Waals surface area contributed by atoms with Crippen LogP contribution in [0.2, 0.25) is 0 Å². The van der Waals surface area contributed by atoms with Gasteiger partial charge in [-0.25, -0.2) is 0 Å². The molecule has 1 unspecified atom stereocenters. The molecule has 2 saturated carbocycles. The zero-order chi connectivity index (χ0) is 13.1. The maximum Gasteiger partial charge on any atom is 0.0365 e. The molecule has 0 aromatic heterocycles. The highest BCUT2D eigenvalue weighted by atomic mass is 15.2. The lowest BCUT2D eigenvalue weighted by molar-refractivity contribution is 0.0295. The second-order valence-electron chi connectivity index (χ2n) is 7.13. The average Bonchev–Trinajstić information content (AvgIpc) is 3.01. The molecule has 3 fully saturated rings.